The van der Waals surface area contributed by atoms with E-state index in [1.165, 1.54) is 0 Å². The second kappa shape index (κ2) is 3.93. The van der Waals surface area contributed by atoms with E-state index >= 15 is 0 Å². The molecule has 0 radical (unpaired) electrons. The van der Waals surface area contributed by atoms with Gasteiger partial charge in [-0.3, -0.25) is 4.98 Å². The highest BCUT2D eigenvalue weighted by Gasteiger charge is 2.06. The molecule has 15 heavy (non-hydrogen) atoms. The molecule has 0 aliphatic rings. The Kier molecular flexibility index (Phi) is 2.47. The topological polar surface area (TPSA) is 36.7 Å². The smallest absolute Gasteiger partial charge is 0.101 e. The van der Waals surface area contributed by atoms with Crippen molar-refractivity contribution >= 4 is 0 Å². The molecule has 2 rings (SSSR count). The second-order valence-electron chi connectivity index (χ2n) is 3.33. The maximum atomic E-state index is 8.98. The van der Waals surface area contributed by atoms with Crippen LogP contribution in [0, 0.1) is 18.3 Å². The normalized spacial score (nSPS) is 9.60. The van der Waals surface area contributed by atoms with Gasteiger partial charge in [0.1, 0.15) is 6.07 Å². The van der Waals surface area contributed by atoms with E-state index in [0.29, 0.717) is 5.56 Å². The van der Waals surface area contributed by atoms with Crippen molar-refractivity contribution in [2.24, 2.45) is 0 Å². The predicted molar refractivity (Wildman–Crippen MR) is 59.1 cm³/mol. The third-order valence-corrected chi connectivity index (χ3v) is 2.33. The Hall–Kier alpha value is -2.14. The molecule has 0 aliphatic heterocycles. The van der Waals surface area contributed by atoms with Crippen LogP contribution in [0.1, 0.15) is 11.1 Å². The van der Waals surface area contributed by atoms with Gasteiger partial charge in [0.05, 0.1) is 11.3 Å². The van der Waals surface area contributed by atoms with Crippen LogP contribution in [-0.2, 0) is 0 Å². The molecule has 0 atom stereocenters. The van der Waals surface area contributed by atoms with E-state index in [0.717, 1.165) is 16.8 Å². The fourth-order valence-corrected chi connectivity index (χ4v) is 1.55. The zero-order chi connectivity index (χ0) is 10.7. The lowest BCUT2D eigenvalue weighted by molar-refractivity contribution is 1.28. The van der Waals surface area contributed by atoms with Crippen LogP contribution >= 0.6 is 0 Å². The molecule has 0 saturated carbocycles. The molecule has 72 valence electrons. The van der Waals surface area contributed by atoms with Gasteiger partial charge in [-0.25, -0.2) is 0 Å². The molecule has 1 aromatic heterocycles. The number of pyridine rings is 1. The minimum atomic E-state index is 0.617. The first kappa shape index (κ1) is 9.42. The summed E-state index contributed by atoms with van der Waals surface area (Å²) >= 11 is 0. The van der Waals surface area contributed by atoms with Crippen LogP contribution in [0.4, 0.5) is 0 Å². The molecule has 0 amide bonds. The molecular weight excluding hydrogens is 184 g/mol. The van der Waals surface area contributed by atoms with Crippen LogP contribution in [0.15, 0.2) is 42.6 Å². The lowest BCUT2D eigenvalue weighted by Crippen LogP contribution is -1.90. The standard InChI is InChI=1S/C13H10N2/c1-10-5-2-3-7-12(10)13-11(9-14)6-4-8-15-13/h2-8H,1H3. The van der Waals surface area contributed by atoms with E-state index in [1.54, 1.807) is 18.3 Å². The molecule has 0 saturated heterocycles. The number of nitriles is 1. The van der Waals surface area contributed by atoms with Gasteiger partial charge in [0.25, 0.3) is 0 Å². The molecule has 0 bridgehead atoms. The van der Waals surface area contributed by atoms with Gasteiger partial charge in [-0.2, -0.15) is 5.26 Å². The highest BCUT2D eigenvalue weighted by Crippen LogP contribution is 2.23. The summed E-state index contributed by atoms with van der Waals surface area (Å²) in [5.41, 5.74) is 3.53. The molecule has 0 aliphatic carbocycles. The van der Waals surface area contributed by atoms with Gasteiger partial charge in [-0.15, -0.1) is 0 Å². The van der Waals surface area contributed by atoms with Crippen LogP contribution in [0.5, 0.6) is 0 Å². The van der Waals surface area contributed by atoms with Crippen molar-refractivity contribution in [2.45, 2.75) is 6.92 Å². The molecule has 2 nitrogen and oxygen atoms in total. The fourth-order valence-electron chi connectivity index (χ4n) is 1.55. The Balaban J connectivity index is 2.65. The minimum absolute atomic E-state index is 0.617. The Morgan fingerprint density at radius 2 is 1.93 bits per heavy atom. The van der Waals surface area contributed by atoms with Crippen LogP contribution in [0.25, 0.3) is 11.3 Å². The Bertz CT molecular complexity index is 524. The maximum absolute atomic E-state index is 8.98. The Morgan fingerprint density at radius 3 is 2.67 bits per heavy atom. The van der Waals surface area contributed by atoms with Gasteiger partial charge in [-0.05, 0) is 24.6 Å². The molecular formula is C13H10N2. The fraction of sp³-hybridized carbons (Fsp3) is 0.0769. The van der Waals surface area contributed by atoms with E-state index in [1.807, 2.05) is 31.2 Å². The summed E-state index contributed by atoms with van der Waals surface area (Å²) in [6, 6.07) is 13.7. The summed E-state index contributed by atoms with van der Waals surface area (Å²) in [4.78, 5) is 4.26. The van der Waals surface area contributed by atoms with Crippen molar-refractivity contribution in [3.63, 3.8) is 0 Å². The van der Waals surface area contributed by atoms with Gasteiger partial charge in [-0.1, -0.05) is 24.3 Å². The van der Waals surface area contributed by atoms with Gasteiger partial charge in [0.2, 0.25) is 0 Å². The number of nitrogens with zero attached hydrogens (tertiary/aromatic N) is 2. The van der Waals surface area contributed by atoms with Gasteiger partial charge >= 0.3 is 0 Å². The zero-order valence-electron chi connectivity index (χ0n) is 8.44. The molecule has 2 heteroatoms. The van der Waals surface area contributed by atoms with E-state index in [9.17, 15) is 0 Å². The maximum Gasteiger partial charge on any atom is 0.101 e. The lowest BCUT2D eigenvalue weighted by Gasteiger charge is -2.05. The number of benzene rings is 1. The van der Waals surface area contributed by atoms with E-state index in [-0.39, 0.29) is 0 Å². The molecule has 0 fully saturated rings. The van der Waals surface area contributed by atoms with E-state index in [2.05, 4.69) is 11.1 Å². The van der Waals surface area contributed by atoms with Gasteiger partial charge in [0, 0.05) is 11.8 Å². The highest BCUT2D eigenvalue weighted by atomic mass is 14.7. The third-order valence-electron chi connectivity index (χ3n) is 2.33. The van der Waals surface area contributed by atoms with Crippen molar-refractivity contribution < 1.29 is 0 Å². The van der Waals surface area contributed by atoms with Crippen LogP contribution in [0.2, 0.25) is 0 Å². The molecule has 0 N–H and O–H groups in total. The SMILES string of the molecule is Cc1ccccc1-c1ncccc1C#N. The average Bonchev–Trinajstić information content (AvgIpc) is 2.30. The number of hydrogen-bond donors (Lipinski definition) is 0. The predicted octanol–water partition coefficient (Wildman–Crippen LogP) is 2.93. The summed E-state index contributed by atoms with van der Waals surface area (Å²) in [5, 5.41) is 8.98. The summed E-state index contributed by atoms with van der Waals surface area (Å²) < 4.78 is 0. The molecule has 0 unspecified atom stereocenters. The van der Waals surface area contributed by atoms with Crippen molar-refractivity contribution in [2.75, 3.05) is 0 Å². The largest absolute Gasteiger partial charge is 0.255 e. The summed E-state index contributed by atoms with van der Waals surface area (Å²) in [6.45, 7) is 2.02. The van der Waals surface area contributed by atoms with Crippen molar-refractivity contribution in [3.8, 4) is 17.3 Å². The number of aromatic nitrogens is 1. The van der Waals surface area contributed by atoms with Crippen LogP contribution < -0.4 is 0 Å². The zero-order valence-corrected chi connectivity index (χ0v) is 8.44. The van der Waals surface area contributed by atoms with Crippen LogP contribution in [-0.4, -0.2) is 4.98 Å². The molecule has 2 aromatic rings. The van der Waals surface area contributed by atoms with Crippen LogP contribution in [0.3, 0.4) is 0 Å². The number of rotatable bonds is 1. The highest BCUT2D eigenvalue weighted by molar-refractivity contribution is 5.69. The van der Waals surface area contributed by atoms with Crippen molar-refractivity contribution in [1.29, 1.82) is 5.26 Å². The first-order chi connectivity index (χ1) is 7.33. The lowest BCUT2D eigenvalue weighted by atomic mass is 10.0. The second-order valence-corrected chi connectivity index (χ2v) is 3.33. The number of hydrogen-bond acceptors (Lipinski definition) is 2. The summed E-state index contributed by atoms with van der Waals surface area (Å²) in [7, 11) is 0. The minimum Gasteiger partial charge on any atom is -0.255 e. The first-order valence-electron chi connectivity index (χ1n) is 4.74. The molecule has 0 spiro atoms. The van der Waals surface area contributed by atoms with Gasteiger partial charge in [0.15, 0.2) is 0 Å². The average molecular weight is 194 g/mol. The monoisotopic (exact) mass is 194 g/mol. The van der Waals surface area contributed by atoms with E-state index in [4.69, 9.17) is 5.26 Å². The first-order valence-corrected chi connectivity index (χ1v) is 4.74. The Labute approximate surface area is 88.8 Å². The molecule has 1 aromatic carbocycles. The summed E-state index contributed by atoms with van der Waals surface area (Å²) in [6.07, 6.45) is 1.71. The summed E-state index contributed by atoms with van der Waals surface area (Å²) in [5.74, 6) is 0. The van der Waals surface area contributed by atoms with Crippen molar-refractivity contribution in [1.82, 2.24) is 4.98 Å². The molecule has 1 heterocycles. The van der Waals surface area contributed by atoms with Gasteiger partial charge < -0.3 is 0 Å². The van der Waals surface area contributed by atoms with Crippen molar-refractivity contribution in [3.05, 3.63) is 53.7 Å². The third kappa shape index (κ3) is 1.72. The Morgan fingerprint density at radius 1 is 1.13 bits per heavy atom. The number of aryl methyl sites for hydroxylation is 1. The quantitative estimate of drug-likeness (QED) is 0.699. The van der Waals surface area contributed by atoms with E-state index < -0.39 is 0 Å².